The number of nitrogens with one attached hydrogen (secondary N) is 2. The Balaban J connectivity index is 2.01. The third-order valence-corrected chi connectivity index (χ3v) is 3.93. The second kappa shape index (κ2) is 7.01. The molecule has 1 aromatic rings. The van der Waals surface area contributed by atoms with E-state index in [1.807, 2.05) is 13.8 Å². The Kier molecular flexibility index (Phi) is 5.42. The van der Waals surface area contributed by atoms with Crippen LogP contribution in [0.2, 0.25) is 5.02 Å². The first-order valence-electron chi connectivity index (χ1n) is 7.55. The van der Waals surface area contributed by atoms with E-state index in [1.54, 1.807) is 0 Å². The topological polar surface area (TPSA) is 58.2 Å². The van der Waals surface area contributed by atoms with Crippen molar-refractivity contribution in [2.75, 3.05) is 11.9 Å². The van der Waals surface area contributed by atoms with E-state index in [0.29, 0.717) is 13.0 Å². The van der Waals surface area contributed by atoms with Crippen LogP contribution in [0, 0.1) is 17.8 Å². The normalized spacial score (nSPS) is 20.0. The standard InChI is InChI=1S/C16H18ClF3N2O2/c1-8(2)7-21-14(23)10-6-11(10)15(24)22-13-4-3-9(17)5-12(13)16(18,19)20/h3-5,8,10-11H,6-7H2,1-2H3,(H,21,23)(H,22,24). The molecule has 0 bridgehead atoms. The number of alkyl halides is 3. The van der Waals surface area contributed by atoms with Crippen LogP contribution in [-0.2, 0) is 15.8 Å². The molecule has 0 heterocycles. The summed E-state index contributed by atoms with van der Waals surface area (Å²) in [5.74, 6) is -1.63. The molecule has 2 N–H and O–H groups in total. The van der Waals surface area contributed by atoms with E-state index in [-0.39, 0.29) is 22.5 Å². The summed E-state index contributed by atoms with van der Waals surface area (Å²) in [5, 5.41) is 4.91. The van der Waals surface area contributed by atoms with Crippen molar-refractivity contribution in [1.82, 2.24) is 5.32 Å². The Hall–Kier alpha value is -1.76. The largest absolute Gasteiger partial charge is 0.418 e. The summed E-state index contributed by atoms with van der Waals surface area (Å²) in [6, 6.07) is 3.14. The Bertz CT molecular complexity index is 647. The third kappa shape index (κ3) is 4.63. The molecule has 0 saturated heterocycles. The summed E-state index contributed by atoms with van der Waals surface area (Å²) in [4.78, 5) is 24.0. The van der Waals surface area contributed by atoms with E-state index in [4.69, 9.17) is 11.6 Å². The Morgan fingerprint density at radius 2 is 1.88 bits per heavy atom. The second-order valence-corrected chi connectivity index (χ2v) is 6.70. The predicted octanol–water partition coefficient (Wildman–Crippen LogP) is 3.71. The molecule has 0 radical (unpaired) electrons. The number of carbonyl (C=O) groups is 2. The van der Waals surface area contributed by atoms with Gasteiger partial charge in [0.25, 0.3) is 0 Å². The average Bonchev–Trinajstić information content (AvgIpc) is 3.26. The highest BCUT2D eigenvalue weighted by atomic mass is 35.5. The molecule has 132 valence electrons. The van der Waals surface area contributed by atoms with Crippen molar-refractivity contribution in [2.45, 2.75) is 26.4 Å². The molecule has 0 aliphatic heterocycles. The van der Waals surface area contributed by atoms with Crippen molar-refractivity contribution in [3.63, 3.8) is 0 Å². The van der Waals surface area contributed by atoms with E-state index in [0.717, 1.165) is 12.1 Å². The van der Waals surface area contributed by atoms with Gasteiger partial charge in [-0.05, 0) is 30.5 Å². The van der Waals surface area contributed by atoms with Gasteiger partial charge in [0.1, 0.15) is 0 Å². The van der Waals surface area contributed by atoms with Crippen LogP contribution in [0.15, 0.2) is 18.2 Å². The fraction of sp³-hybridized carbons (Fsp3) is 0.500. The van der Waals surface area contributed by atoms with Crippen LogP contribution in [0.25, 0.3) is 0 Å². The lowest BCUT2D eigenvalue weighted by Crippen LogP contribution is -2.30. The first-order valence-corrected chi connectivity index (χ1v) is 7.92. The van der Waals surface area contributed by atoms with Gasteiger partial charge >= 0.3 is 6.18 Å². The summed E-state index contributed by atoms with van der Waals surface area (Å²) in [6.07, 6.45) is -4.30. The first-order chi connectivity index (χ1) is 11.1. The zero-order valence-electron chi connectivity index (χ0n) is 13.2. The minimum absolute atomic E-state index is 0.0716. The van der Waals surface area contributed by atoms with E-state index in [1.165, 1.54) is 6.07 Å². The molecule has 24 heavy (non-hydrogen) atoms. The average molecular weight is 363 g/mol. The summed E-state index contributed by atoms with van der Waals surface area (Å²) in [6.45, 7) is 4.38. The van der Waals surface area contributed by atoms with E-state index in [9.17, 15) is 22.8 Å². The fourth-order valence-corrected chi connectivity index (χ4v) is 2.47. The Labute approximate surface area is 142 Å². The van der Waals surface area contributed by atoms with Crippen LogP contribution in [0.5, 0.6) is 0 Å². The number of amides is 2. The molecule has 2 amide bonds. The highest BCUT2D eigenvalue weighted by molar-refractivity contribution is 6.30. The van der Waals surface area contributed by atoms with Crippen LogP contribution in [-0.4, -0.2) is 18.4 Å². The molecule has 0 spiro atoms. The van der Waals surface area contributed by atoms with Gasteiger partial charge < -0.3 is 10.6 Å². The van der Waals surface area contributed by atoms with Crippen LogP contribution in [0.3, 0.4) is 0 Å². The van der Waals surface area contributed by atoms with Crippen molar-refractivity contribution < 1.29 is 22.8 Å². The van der Waals surface area contributed by atoms with Crippen molar-refractivity contribution in [2.24, 2.45) is 17.8 Å². The lowest BCUT2D eigenvalue weighted by molar-refractivity contribution is -0.137. The number of anilines is 1. The summed E-state index contributed by atoms with van der Waals surface area (Å²) in [7, 11) is 0. The first kappa shape index (κ1) is 18.6. The zero-order chi connectivity index (χ0) is 18.1. The van der Waals surface area contributed by atoms with E-state index >= 15 is 0 Å². The van der Waals surface area contributed by atoms with Crippen molar-refractivity contribution in [3.8, 4) is 0 Å². The smallest absolute Gasteiger partial charge is 0.356 e. The Morgan fingerprint density at radius 1 is 1.25 bits per heavy atom. The van der Waals surface area contributed by atoms with Crippen LogP contribution < -0.4 is 10.6 Å². The van der Waals surface area contributed by atoms with Gasteiger partial charge in [0.2, 0.25) is 11.8 Å². The van der Waals surface area contributed by atoms with Crippen LogP contribution in [0.4, 0.5) is 18.9 Å². The molecule has 1 aromatic carbocycles. The van der Waals surface area contributed by atoms with E-state index < -0.39 is 29.5 Å². The molecule has 1 aliphatic rings. The van der Waals surface area contributed by atoms with Crippen LogP contribution in [0.1, 0.15) is 25.8 Å². The molecule has 0 aromatic heterocycles. The van der Waals surface area contributed by atoms with Crippen LogP contribution >= 0.6 is 11.6 Å². The maximum Gasteiger partial charge on any atom is 0.418 e. The quantitative estimate of drug-likeness (QED) is 0.839. The molecule has 8 heteroatoms. The number of rotatable bonds is 5. The minimum atomic E-state index is -4.63. The van der Waals surface area contributed by atoms with Gasteiger partial charge in [-0.15, -0.1) is 0 Å². The van der Waals surface area contributed by atoms with Gasteiger partial charge in [-0.2, -0.15) is 13.2 Å². The number of hydrogen-bond donors (Lipinski definition) is 2. The molecule has 2 unspecified atom stereocenters. The third-order valence-electron chi connectivity index (χ3n) is 3.69. The Morgan fingerprint density at radius 3 is 2.46 bits per heavy atom. The second-order valence-electron chi connectivity index (χ2n) is 6.26. The molecule has 2 atom stereocenters. The number of benzene rings is 1. The van der Waals surface area contributed by atoms with Gasteiger partial charge in [0.05, 0.1) is 23.1 Å². The number of carbonyl (C=O) groups excluding carboxylic acids is 2. The number of hydrogen-bond acceptors (Lipinski definition) is 2. The van der Waals surface area contributed by atoms with Crippen molar-refractivity contribution in [3.05, 3.63) is 28.8 Å². The maximum absolute atomic E-state index is 13.0. The summed E-state index contributed by atoms with van der Waals surface area (Å²) in [5.41, 5.74) is -1.37. The molecule has 2 rings (SSSR count). The molecular weight excluding hydrogens is 345 g/mol. The van der Waals surface area contributed by atoms with Gasteiger partial charge in [-0.1, -0.05) is 25.4 Å². The van der Waals surface area contributed by atoms with Gasteiger partial charge in [0, 0.05) is 11.6 Å². The number of halogens is 4. The lowest BCUT2D eigenvalue weighted by Gasteiger charge is -2.14. The highest BCUT2D eigenvalue weighted by Crippen LogP contribution is 2.41. The van der Waals surface area contributed by atoms with Gasteiger partial charge in [-0.25, -0.2) is 0 Å². The lowest BCUT2D eigenvalue weighted by atomic mass is 10.1. The molecular formula is C16H18ClF3N2O2. The van der Waals surface area contributed by atoms with Crippen molar-refractivity contribution >= 4 is 29.1 Å². The fourth-order valence-electron chi connectivity index (χ4n) is 2.30. The minimum Gasteiger partial charge on any atom is -0.356 e. The molecule has 1 aliphatic carbocycles. The van der Waals surface area contributed by atoms with Gasteiger partial charge in [-0.3, -0.25) is 9.59 Å². The molecule has 1 fully saturated rings. The maximum atomic E-state index is 13.0. The van der Waals surface area contributed by atoms with Crippen molar-refractivity contribution in [1.29, 1.82) is 0 Å². The summed E-state index contributed by atoms with van der Waals surface area (Å²) < 4.78 is 39.0. The SMILES string of the molecule is CC(C)CNC(=O)C1CC1C(=O)Nc1ccc(Cl)cc1C(F)(F)F. The molecule has 4 nitrogen and oxygen atoms in total. The predicted molar refractivity (Wildman–Crippen MR) is 84.5 cm³/mol. The summed E-state index contributed by atoms with van der Waals surface area (Å²) >= 11 is 5.59. The zero-order valence-corrected chi connectivity index (χ0v) is 14.0. The molecule has 1 saturated carbocycles. The highest BCUT2D eigenvalue weighted by Gasteiger charge is 2.48. The van der Waals surface area contributed by atoms with Gasteiger partial charge in [0.15, 0.2) is 0 Å². The monoisotopic (exact) mass is 362 g/mol. The van der Waals surface area contributed by atoms with E-state index in [2.05, 4.69) is 10.6 Å².